The minimum absolute atomic E-state index is 0.134. The summed E-state index contributed by atoms with van der Waals surface area (Å²) in [5.41, 5.74) is -3.37. The Morgan fingerprint density at radius 2 is 1.20 bits per heavy atom. The third-order valence-electron chi connectivity index (χ3n) is 6.74. The summed E-state index contributed by atoms with van der Waals surface area (Å²) in [5, 5.41) is 10.3. The van der Waals surface area contributed by atoms with E-state index in [9.17, 15) is 24.3 Å². The van der Waals surface area contributed by atoms with Crippen LogP contribution >= 0.6 is 0 Å². The van der Waals surface area contributed by atoms with Crippen LogP contribution in [0.5, 0.6) is 11.5 Å². The normalized spacial score (nSPS) is 22.6. The van der Waals surface area contributed by atoms with Crippen LogP contribution in [0.2, 0.25) is 0 Å². The number of esters is 4. The highest BCUT2D eigenvalue weighted by atomic mass is 16.7. The summed E-state index contributed by atoms with van der Waals surface area (Å²) >= 11 is 0. The Hall–Kier alpha value is -3.67. The number of ether oxygens (including phenoxy) is 6. The van der Waals surface area contributed by atoms with E-state index in [2.05, 4.69) is 4.99 Å². The molecular formula is C34H51NO11. The molecule has 1 aliphatic rings. The van der Waals surface area contributed by atoms with Gasteiger partial charge < -0.3 is 33.5 Å². The fourth-order valence-electron chi connectivity index (χ4n) is 3.77. The lowest BCUT2D eigenvalue weighted by molar-refractivity contribution is -0.258. The van der Waals surface area contributed by atoms with Crippen LogP contribution in [0.25, 0.3) is 0 Å². The van der Waals surface area contributed by atoms with E-state index < -0.39 is 82.8 Å². The molecule has 1 aliphatic heterocycles. The Morgan fingerprint density at radius 1 is 0.739 bits per heavy atom. The van der Waals surface area contributed by atoms with Crippen molar-refractivity contribution in [2.75, 3.05) is 13.7 Å². The molecule has 1 N–H and O–H groups in total. The van der Waals surface area contributed by atoms with Crippen molar-refractivity contribution in [1.29, 1.82) is 0 Å². The average molecular weight is 650 g/mol. The number of benzene rings is 1. The molecule has 0 amide bonds. The van der Waals surface area contributed by atoms with E-state index in [0.29, 0.717) is 5.56 Å². The van der Waals surface area contributed by atoms with Crippen molar-refractivity contribution in [2.45, 2.75) is 114 Å². The van der Waals surface area contributed by atoms with Gasteiger partial charge in [0.05, 0.1) is 28.8 Å². The standard InChI is InChI=1S/C34H51NO11/c1-31(2,3)27(37)42-18-22-23(44-28(38)32(4,5)6)24(45-29(39)33(7,8)9)25(46-30(40)34(10,11)12)26(43-22)35-17-19-14-15-21(41-13)20(36)16-19/h14-17,22-26,36H,18H2,1-13H3/t22-,23+,24+,25+,26-/m1/s1. The SMILES string of the molecule is COc1ccc(C=N[C@@H]2O[C@H](COC(=O)C(C)(C)C)[C@H](OC(=O)C(C)(C)C)[C@H](OC(=O)C(C)(C)C)[C@@H]2OC(=O)C(C)(C)C)cc1O. The number of methoxy groups -OCH3 is 1. The van der Waals surface area contributed by atoms with Crippen molar-refractivity contribution in [3.8, 4) is 11.5 Å². The minimum Gasteiger partial charge on any atom is -0.504 e. The van der Waals surface area contributed by atoms with Crippen molar-refractivity contribution in [1.82, 2.24) is 0 Å². The van der Waals surface area contributed by atoms with Gasteiger partial charge in [-0.15, -0.1) is 0 Å². The van der Waals surface area contributed by atoms with Gasteiger partial charge in [0.25, 0.3) is 0 Å². The van der Waals surface area contributed by atoms with E-state index in [1.165, 1.54) is 19.4 Å². The second kappa shape index (κ2) is 14.4. The first-order chi connectivity index (χ1) is 20.9. The maximum atomic E-state index is 13.4. The summed E-state index contributed by atoms with van der Waals surface area (Å²) in [6.07, 6.45) is -5.30. The Kier molecular flexibility index (Phi) is 12.1. The highest BCUT2D eigenvalue weighted by Crippen LogP contribution is 2.35. The maximum Gasteiger partial charge on any atom is 0.311 e. The molecule has 46 heavy (non-hydrogen) atoms. The third kappa shape index (κ3) is 10.4. The molecule has 0 aliphatic carbocycles. The van der Waals surface area contributed by atoms with Crippen LogP contribution in [-0.2, 0) is 42.9 Å². The summed E-state index contributed by atoms with van der Waals surface area (Å²) in [7, 11) is 1.42. The minimum atomic E-state index is -1.41. The first kappa shape index (κ1) is 38.5. The lowest BCUT2D eigenvalue weighted by atomic mass is 9.92. The molecule has 0 radical (unpaired) electrons. The first-order valence-corrected chi connectivity index (χ1v) is 15.2. The van der Waals surface area contributed by atoms with Gasteiger partial charge in [0.1, 0.15) is 12.7 Å². The quantitative estimate of drug-likeness (QED) is 0.229. The van der Waals surface area contributed by atoms with Gasteiger partial charge in [-0.2, -0.15) is 0 Å². The average Bonchev–Trinajstić information content (AvgIpc) is 2.90. The van der Waals surface area contributed by atoms with Gasteiger partial charge in [0, 0.05) is 6.21 Å². The molecule has 258 valence electrons. The molecule has 12 heteroatoms. The van der Waals surface area contributed by atoms with Gasteiger partial charge >= 0.3 is 23.9 Å². The molecule has 0 unspecified atom stereocenters. The number of rotatable bonds is 8. The van der Waals surface area contributed by atoms with Gasteiger partial charge in [-0.1, -0.05) is 0 Å². The Labute approximate surface area is 272 Å². The molecule has 1 fully saturated rings. The number of hydrogen-bond acceptors (Lipinski definition) is 12. The number of phenols is 1. The number of phenolic OH excluding ortho intramolecular Hbond substituents is 1. The summed E-state index contributed by atoms with van der Waals surface area (Å²) in [4.78, 5) is 57.2. The predicted molar refractivity (Wildman–Crippen MR) is 169 cm³/mol. The predicted octanol–water partition coefficient (Wildman–Crippen LogP) is 5.01. The zero-order valence-corrected chi connectivity index (χ0v) is 29.4. The van der Waals surface area contributed by atoms with Crippen LogP contribution < -0.4 is 4.74 Å². The Bertz CT molecular complexity index is 1290. The molecule has 0 saturated carbocycles. The second-order valence-corrected chi connectivity index (χ2v) is 15.5. The van der Waals surface area contributed by atoms with E-state index in [0.717, 1.165) is 0 Å². The monoisotopic (exact) mass is 649 g/mol. The Balaban J connectivity index is 2.74. The highest BCUT2D eigenvalue weighted by Gasteiger charge is 2.54. The van der Waals surface area contributed by atoms with Crippen molar-refractivity contribution >= 4 is 30.1 Å². The zero-order chi connectivity index (χ0) is 35.4. The molecule has 1 aromatic rings. The lowest BCUT2D eigenvalue weighted by Gasteiger charge is -2.45. The number of nitrogens with zero attached hydrogens (tertiary/aromatic N) is 1. The van der Waals surface area contributed by atoms with Crippen LogP contribution in [0.15, 0.2) is 23.2 Å². The second-order valence-electron chi connectivity index (χ2n) is 15.5. The van der Waals surface area contributed by atoms with E-state index in [4.69, 9.17) is 28.4 Å². The van der Waals surface area contributed by atoms with Crippen molar-refractivity contribution in [2.24, 2.45) is 26.7 Å². The largest absolute Gasteiger partial charge is 0.504 e. The summed E-state index contributed by atoms with van der Waals surface area (Å²) < 4.78 is 34.9. The van der Waals surface area contributed by atoms with Gasteiger partial charge in [-0.05, 0) is 107 Å². The summed E-state index contributed by atoms with van der Waals surface area (Å²) in [5.74, 6) is -2.40. The smallest absolute Gasteiger partial charge is 0.311 e. The fourth-order valence-corrected chi connectivity index (χ4v) is 3.77. The van der Waals surface area contributed by atoms with E-state index in [1.54, 1.807) is 95.2 Å². The highest BCUT2D eigenvalue weighted by molar-refractivity contribution is 5.81. The molecule has 0 aromatic heterocycles. The molecule has 5 atom stereocenters. The van der Waals surface area contributed by atoms with Crippen molar-refractivity contribution < 1.29 is 52.7 Å². The molecular weight excluding hydrogens is 598 g/mol. The van der Waals surface area contributed by atoms with Crippen molar-refractivity contribution in [3.63, 3.8) is 0 Å². The fraction of sp³-hybridized carbons (Fsp3) is 0.676. The van der Waals surface area contributed by atoms with Crippen LogP contribution in [0.3, 0.4) is 0 Å². The third-order valence-corrected chi connectivity index (χ3v) is 6.74. The molecule has 0 spiro atoms. The van der Waals surface area contributed by atoms with Crippen LogP contribution in [0, 0.1) is 21.7 Å². The first-order valence-electron chi connectivity index (χ1n) is 15.2. The molecule has 2 rings (SSSR count). The van der Waals surface area contributed by atoms with E-state index >= 15 is 0 Å². The molecule has 12 nitrogen and oxygen atoms in total. The summed E-state index contributed by atoms with van der Waals surface area (Å²) in [6.45, 7) is 19.5. The van der Waals surface area contributed by atoms with Crippen LogP contribution in [-0.4, -0.2) is 79.6 Å². The van der Waals surface area contributed by atoms with Gasteiger partial charge in [0.15, 0.2) is 36.0 Å². The van der Waals surface area contributed by atoms with E-state index in [1.807, 2.05) is 0 Å². The number of hydrogen-bond donors (Lipinski definition) is 1. The van der Waals surface area contributed by atoms with Gasteiger partial charge in [0.2, 0.25) is 0 Å². The molecule has 1 aromatic carbocycles. The number of aliphatic imine (C=N–C) groups is 1. The van der Waals surface area contributed by atoms with Gasteiger partial charge in [-0.25, -0.2) is 0 Å². The maximum absolute atomic E-state index is 13.4. The molecule has 1 saturated heterocycles. The lowest BCUT2D eigenvalue weighted by Crippen LogP contribution is -2.63. The van der Waals surface area contributed by atoms with Crippen molar-refractivity contribution in [3.05, 3.63) is 23.8 Å². The van der Waals surface area contributed by atoms with Crippen LogP contribution in [0.4, 0.5) is 0 Å². The van der Waals surface area contributed by atoms with Crippen LogP contribution in [0.1, 0.15) is 88.6 Å². The molecule has 1 heterocycles. The number of carbonyl (C=O) groups is 4. The topological polar surface area (TPSA) is 156 Å². The number of carbonyl (C=O) groups excluding carboxylic acids is 4. The van der Waals surface area contributed by atoms with Gasteiger partial charge in [-0.3, -0.25) is 24.2 Å². The zero-order valence-electron chi connectivity index (χ0n) is 29.4. The van der Waals surface area contributed by atoms with E-state index in [-0.39, 0.29) is 11.5 Å². The Morgan fingerprint density at radius 3 is 1.63 bits per heavy atom. The molecule has 0 bridgehead atoms. The number of aromatic hydroxyl groups is 1. The summed E-state index contributed by atoms with van der Waals surface area (Å²) in [6, 6.07) is 4.59.